The number of rotatable bonds is 5. The number of hydrogen-bond acceptors (Lipinski definition) is 5. The number of nitrogens with zero attached hydrogens (tertiary/aromatic N) is 2. The van der Waals surface area contributed by atoms with Crippen LogP contribution in [0.4, 0.5) is 0 Å². The molecule has 2 rings (SSSR count). The Bertz CT molecular complexity index is 776. The summed E-state index contributed by atoms with van der Waals surface area (Å²) in [6.07, 6.45) is 0. The van der Waals surface area contributed by atoms with Crippen LogP contribution in [0, 0.1) is 18.3 Å². The summed E-state index contributed by atoms with van der Waals surface area (Å²) in [5.74, 6) is -0.217. The van der Waals surface area contributed by atoms with E-state index in [9.17, 15) is 8.42 Å². The summed E-state index contributed by atoms with van der Waals surface area (Å²) in [4.78, 5) is 4.27. The van der Waals surface area contributed by atoms with Crippen molar-refractivity contribution in [2.24, 2.45) is 0 Å². The largest absolute Gasteiger partial charge is 0.245 e. The molecule has 1 atom stereocenters. The van der Waals surface area contributed by atoms with Crippen LogP contribution < -0.4 is 4.72 Å². The number of aromatic nitrogens is 1. The lowest BCUT2D eigenvalue weighted by molar-refractivity contribution is 0.565. The molecule has 0 aliphatic heterocycles. The van der Waals surface area contributed by atoms with Gasteiger partial charge in [-0.05, 0) is 25.5 Å². The Balaban J connectivity index is 2.14. The smallest absolute Gasteiger partial charge is 0.216 e. The molecule has 0 aliphatic rings. The summed E-state index contributed by atoms with van der Waals surface area (Å²) >= 11 is 1.42. The van der Waals surface area contributed by atoms with Gasteiger partial charge in [0.1, 0.15) is 5.01 Å². The zero-order valence-electron chi connectivity index (χ0n) is 11.7. The van der Waals surface area contributed by atoms with Crippen LogP contribution in [0.1, 0.15) is 34.8 Å². The molecule has 0 saturated heterocycles. The van der Waals surface area contributed by atoms with E-state index in [1.54, 1.807) is 31.2 Å². The molecule has 0 aliphatic carbocycles. The third-order valence-electron chi connectivity index (χ3n) is 2.85. The van der Waals surface area contributed by atoms with Crippen molar-refractivity contribution in [3.05, 3.63) is 51.5 Å². The van der Waals surface area contributed by atoms with Gasteiger partial charge in [0.2, 0.25) is 10.0 Å². The fourth-order valence-corrected chi connectivity index (χ4v) is 4.17. The molecule has 1 N–H and O–H groups in total. The minimum atomic E-state index is -3.54. The van der Waals surface area contributed by atoms with Gasteiger partial charge in [0.25, 0.3) is 0 Å². The van der Waals surface area contributed by atoms with Gasteiger partial charge in [-0.25, -0.2) is 18.1 Å². The van der Waals surface area contributed by atoms with E-state index in [4.69, 9.17) is 5.26 Å². The predicted octanol–water partition coefficient (Wildman–Crippen LogP) is 2.50. The molecule has 0 saturated carbocycles. The number of hydrogen-bond donors (Lipinski definition) is 1. The van der Waals surface area contributed by atoms with Crippen molar-refractivity contribution in [2.45, 2.75) is 25.6 Å². The second-order valence-corrected chi connectivity index (χ2v) is 7.34. The molecule has 5 nitrogen and oxygen atoms in total. The van der Waals surface area contributed by atoms with Crippen molar-refractivity contribution in [3.63, 3.8) is 0 Å². The SMILES string of the molecule is Cc1csc(C(C)NS(=O)(=O)Cc2ccccc2C#N)n1. The van der Waals surface area contributed by atoms with E-state index in [0.717, 1.165) is 10.7 Å². The summed E-state index contributed by atoms with van der Waals surface area (Å²) in [6.45, 7) is 3.62. The van der Waals surface area contributed by atoms with Crippen molar-refractivity contribution in [1.82, 2.24) is 9.71 Å². The Kier molecular flexibility index (Phi) is 4.73. The minimum Gasteiger partial charge on any atom is -0.245 e. The third-order valence-corrected chi connectivity index (χ3v) is 5.40. The van der Waals surface area contributed by atoms with Gasteiger partial charge < -0.3 is 0 Å². The average molecular weight is 321 g/mol. The first-order chi connectivity index (χ1) is 9.91. The molecule has 0 amide bonds. The van der Waals surface area contributed by atoms with Crippen molar-refractivity contribution in [3.8, 4) is 6.07 Å². The van der Waals surface area contributed by atoms with Crippen LogP contribution in [0.3, 0.4) is 0 Å². The lowest BCUT2D eigenvalue weighted by Crippen LogP contribution is -2.28. The van der Waals surface area contributed by atoms with Gasteiger partial charge in [-0.1, -0.05) is 18.2 Å². The van der Waals surface area contributed by atoms with E-state index < -0.39 is 10.0 Å². The number of benzene rings is 1. The van der Waals surface area contributed by atoms with Crippen LogP contribution in [0.15, 0.2) is 29.6 Å². The van der Waals surface area contributed by atoms with Gasteiger partial charge in [-0.15, -0.1) is 11.3 Å². The van der Waals surface area contributed by atoms with Gasteiger partial charge in [0, 0.05) is 11.1 Å². The van der Waals surface area contributed by atoms with Crippen LogP contribution in [0.25, 0.3) is 0 Å². The van der Waals surface area contributed by atoms with Gasteiger partial charge >= 0.3 is 0 Å². The fraction of sp³-hybridized carbons (Fsp3) is 0.286. The second-order valence-electron chi connectivity index (χ2n) is 4.69. The van der Waals surface area contributed by atoms with Crippen molar-refractivity contribution >= 4 is 21.4 Å². The standard InChI is InChI=1S/C14H15N3O2S2/c1-10-8-20-14(16-10)11(2)17-21(18,19)9-13-6-4-3-5-12(13)7-15/h3-6,8,11,17H,9H2,1-2H3. The zero-order valence-corrected chi connectivity index (χ0v) is 13.3. The maximum Gasteiger partial charge on any atom is 0.216 e. The molecule has 0 bridgehead atoms. The summed E-state index contributed by atoms with van der Waals surface area (Å²) < 4.78 is 27.0. The number of thiazole rings is 1. The molecule has 1 aromatic carbocycles. The summed E-state index contributed by atoms with van der Waals surface area (Å²) in [5, 5.41) is 11.6. The zero-order chi connectivity index (χ0) is 15.5. The lowest BCUT2D eigenvalue weighted by atomic mass is 10.1. The Morgan fingerprint density at radius 2 is 2.14 bits per heavy atom. The van der Waals surface area contributed by atoms with Crippen molar-refractivity contribution < 1.29 is 8.42 Å². The number of aryl methyl sites for hydroxylation is 1. The van der Waals surface area contributed by atoms with Crippen molar-refractivity contribution in [2.75, 3.05) is 0 Å². The monoisotopic (exact) mass is 321 g/mol. The van der Waals surface area contributed by atoms with E-state index in [2.05, 4.69) is 9.71 Å². The first-order valence-electron chi connectivity index (χ1n) is 6.31. The Hall–Kier alpha value is -1.75. The molecule has 0 fully saturated rings. The highest BCUT2D eigenvalue weighted by Crippen LogP contribution is 2.19. The minimum absolute atomic E-state index is 0.217. The first-order valence-corrected chi connectivity index (χ1v) is 8.84. The van der Waals surface area contributed by atoms with E-state index in [0.29, 0.717) is 11.1 Å². The van der Waals surface area contributed by atoms with Crippen LogP contribution in [0.2, 0.25) is 0 Å². The van der Waals surface area contributed by atoms with E-state index in [1.807, 2.05) is 18.4 Å². The quantitative estimate of drug-likeness (QED) is 0.917. The molecule has 1 unspecified atom stereocenters. The second kappa shape index (κ2) is 6.35. The molecule has 7 heteroatoms. The fourth-order valence-electron chi connectivity index (χ4n) is 1.89. The summed E-state index contributed by atoms with van der Waals surface area (Å²) in [7, 11) is -3.54. The molecule has 1 heterocycles. The molecule has 21 heavy (non-hydrogen) atoms. The van der Waals surface area contributed by atoms with Gasteiger partial charge in [-0.2, -0.15) is 5.26 Å². The highest BCUT2D eigenvalue weighted by molar-refractivity contribution is 7.88. The normalized spacial score (nSPS) is 12.8. The number of nitrogens with one attached hydrogen (secondary N) is 1. The molecule has 1 aromatic heterocycles. The van der Waals surface area contributed by atoms with Gasteiger partial charge in [0.05, 0.1) is 23.4 Å². The van der Waals surface area contributed by atoms with Crippen LogP contribution in [-0.2, 0) is 15.8 Å². The van der Waals surface area contributed by atoms with Gasteiger partial charge in [0.15, 0.2) is 0 Å². The third kappa shape index (κ3) is 4.11. The molecule has 0 spiro atoms. The Morgan fingerprint density at radius 3 is 2.76 bits per heavy atom. The van der Waals surface area contributed by atoms with E-state index >= 15 is 0 Å². The average Bonchev–Trinajstić information content (AvgIpc) is 2.85. The van der Waals surface area contributed by atoms with Crippen LogP contribution >= 0.6 is 11.3 Å². The maximum absolute atomic E-state index is 12.2. The number of nitriles is 1. The lowest BCUT2D eigenvalue weighted by Gasteiger charge is -2.12. The maximum atomic E-state index is 12.2. The topological polar surface area (TPSA) is 82.9 Å². The molecular formula is C14H15N3O2S2. The highest BCUT2D eigenvalue weighted by atomic mass is 32.2. The first kappa shape index (κ1) is 15.6. The molecule has 0 radical (unpaired) electrons. The van der Waals surface area contributed by atoms with E-state index in [1.165, 1.54) is 11.3 Å². The van der Waals surface area contributed by atoms with Crippen LogP contribution in [0.5, 0.6) is 0 Å². The summed E-state index contributed by atoms with van der Waals surface area (Å²) in [5.41, 5.74) is 1.74. The highest BCUT2D eigenvalue weighted by Gasteiger charge is 2.19. The van der Waals surface area contributed by atoms with Gasteiger partial charge in [-0.3, -0.25) is 0 Å². The molecule has 2 aromatic rings. The van der Waals surface area contributed by atoms with Crippen LogP contribution in [-0.4, -0.2) is 13.4 Å². The Labute approximate surface area is 128 Å². The summed E-state index contributed by atoms with van der Waals surface area (Å²) in [6, 6.07) is 8.31. The van der Waals surface area contributed by atoms with Crippen molar-refractivity contribution in [1.29, 1.82) is 5.26 Å². The Morgan fingerprint density at radius 1 is 1.43 bits per heavy atom. The molecular weight excluding hydrogens is 306 g/mol. The van der Waals surface area contributed by atoms with E-state index in [-0.39, 0.29) is 11.8 Å². The predicted molar refractivity (Wildman–Crippen MR) is 82.2 cm³/mol. The number of sulfonamides is 1. The molecule has 110 valence electrons.